The zero-order valence-electron chi connectivity index (χ0n) is 8.12. The maximum Gasteiger partial charge on any atom is 0.147 e. The predicted molar refractivity (Wildman–Crippen MR) is 52.6 cm³/mol. The molecule has 0 radical (unpaired) electrons. The molecule has 0 bridgehead atoms. The van der Waals surface area contributed by atoms with Crippen LogP contribution in [0.2, 0.25) is 0 Å². The van der Waals surface area contributed by atoms with E-state index < -0.39 is 0 Å². The van der Waals surface area contributed by atoms with Crippen LogP contribution in [0.1, 0.15) is 25.5 Å². The molecule has 0 aliphatic heterocycles. The summed E-state index contributed by atoms with van der Waals surface area (Å²) in [5.74, 6) is 1.80. The molecule has 0 amide bonds. The molecule has 1 aromatic heterocycles. The normalized spacial score (nSPS) is 25.7. The van der Waals surface area contributed by atoms with E-state index in [0.29, 0.717) is 6.04 Å². The van der Waals surface area contributed by atoms with Gasteiger partial charge < -0.3 is 5.32 Å². The Labute approximate surface area is 78.6 Å². The largest absolute Gasteiger partial charge is 0.366 e. The third-order valence-electron chi connectivity index (χ3n) is 2.65. The highest BCUT2D eigenvalue weighted by Gasteiger charge is 2.35. The van der Waals surface area contributed by atoms with Crippen LogP contribution >= 0.6 is 0 Å². The van der Waals surface area contributed by atoms with Crippen LogP contribution < -0.4 is 5.32 Å². The van der Waals surface area contributed by atoms with Gasteiger partial charge in [-0.25, -0.2) is 4.98 Å². The van der Waals surface area contributed by atoms with Crippen LogP contribution in [0.5, 0.6) is 0 Å². The third-order valence-corrected chi connectivity index (χ3v) is 2.65. The van der Waals surface area contributed by atoms with E-state index in [9.17, 15) is 0 Å². The topological polar surface area (TPSA) is 37.8 Å². The van der Waals surface area contributed by atoms with E-state index in [0.717, 1.165) is 17.4 Å². The van der Waals surface area contributed by atoms with Crippen LogP contribution in [0.15, 0.2) is 12.4 Å². The molecule has 1 aliphatic carbocycles. The first-order valence-electron chi connectivity index (χ1n) is 4.85. The molecule has 0 saturated heterocycles. The quantitative estimate of drug-likeness (QED) is 0.767. The highest BCUT2D eigenvalue weighted by molar-refractivity contribution is 5.41. The summed E-state index contributed by atoms with van der Waals surface area (Å²) in [5, 5.41) is 3.41. The van der Waals surface area contributed by atoms with E-state index in [4.69, 9.17) is 0 Å². The van der Waals surface area contributed by atoms with Gasteiger partial charge >= 0.3 is 0 Å². The average molecular weight is 177 g/mol. The van der Waals surface area contributed by atoms with Crippen LogP contribution in [-0.2, 0) is 0 Å². The molecule has 2 unspecified atom stereocenters. The van der Waals surface area contributed by atoms with Gasteiger partial charge in [-0.05, 0) is 19.3 Å². The fraction of sp³-hybridized carbons (Fsp3) is 0.600. The third kappa shape index (κ3) is 1.79. The summed E-state index contributed by atoms with van der Waals surface area (Å²) >= 11 is 0. The van der Waals surface area contributed by atoms with Crippen molar-refractivity contribution >= 4 is 5.82 Å². The summed E-state index contributed by atoms with van der Waals surface area (Å²) in [6.07, 6.45) is 6.01. The number of nitrogens with one attached hydrogen (secondary N) is 1. The average Bonchev–Trinajstić information content (AvgIpc) is 2.88. The van der Waals surface area contributed by atoms with E-state index in [2.05, 4.69) is 22.2 Å². The minimum absolute atomic E-state index is 0.639. The number of hydrogen-bond acceptors (Lipinski definition) is 3. The lowest BCUT2D eigenvalue weighted by Crippen LogP contribution is -2.07. The molecule has 0 aromatic carbocycles. The summed E-state index contributed by atoms with van der Waals surface area (Å²) in [4.78, 5) is 8.44. The summed E-state index contributed by atoms with van der Waals surface area (Å²) in [5.41, 5.74) is 0.990. The Morgan fingerprint density at radius 3 is 2.85 bits per heavy atom. The van der Waals surface area contributed by atoms with Crippen molar-refractivity contribution in [2.75, 3.05) is 5.32 Å². The van der Waals surface area contributed by atoms with Crippen LogP contribution in [-0.4, -0.2) is 16.0 Å². The summed E-state index contributed by atoms with van der Waals surface area (Å²) < 4.78 is 0. The number of anilines is 1. The van der Waals surface area contributed by atoms with E-state index in [1.165, 1.54) is 12.8 Å². The Kier molecular flexibility index (Phi) is 2.17. The minimum atomic E-state index is 0.639. The molecule has 1 saturated carbocycles. The van der Waals surface area contributed by atoms with Gasteiger partial charge in [0.2, 0.25) is 0 Å². The molecule has 1 fully saturated rings. The van der Waals surface area contributed by atoms with Gasteiger partial charge in [0.05, 0.1) is 5.69 Å². The lowest BCUT2D eigenvalue weighted by molar-refractivity contribution is 0.772. The van der Waals surface area contributed by atoms with E-state index in [1.807, 2.05) is 6.92 Å². The first-order chi connectivity index (χ1) is 6.31. The van der Waals surface area contributed by atoms with E-state index in [1.54, 1.807) is 12.4 Å². The highest BCUT2D eigenvalue weighted by Crippen LogP contribution is 2.35. The van der Waals surface area contributed by atoms with Crippen LogP contribution in [0, 0.1) is 12.8 Å². The maximum absolute atomic E-state index is 4.25. The van der Waals surface area contributed by atoms with Gasteiger partial charge in [-0.1, -0.05) is 13.3 Å². The molecule has 1 heterocycles. The molecule has 3 heteroatoms. The number of nitrogens with zero attached hydrogens (tertiary/aromatic N) is 2. The molecule has 3 nitrogen and oxygen atoms in total. The van der Waals surface area contributed by atoms with Crippen LogP contribution in [0.4, 0.5) is 5.82 Å². The summed E-state index contributed by atoms with van der Waals surface area (Å²) in [6, 6.07) is 0.639. The molecule has 70 valence electrons. The first kappa shape index (κ1) is 8.48. The Hall–Kier alpha value is -1.12. The lowest BCUT2D eigenvalue weighted by atomic mass is 10.3. The molecule has 13 heavy (non-hydrogen) atoms. The molecule has 1 aliphatic rings. The standard InChI is InChI=1S/C10H15N3/c1-3-8-6-9(8)13-10-7(2)11-4-5-12-10/h4-5,8-9H,3,6H2,1-2H3,(H,12,13). The van der Waals surface area contributed by atoms with Crippen molar-refractivity contribution in [2.24, 2.45) is 5.92 Å². The van der Waals surface area contributed by atoms with E-state index in [-0.39, 0.29) is 0 Å². The van der Waals surface area contributed by atoms with Gasteiger partial charge in [0, 0.05) is 18.4 Å². The van der Waals surface area contributed by atoms with Crippen LogP contribution in [0.3, 0.4) is 0 Å². The van der Waals surface area contributed by atoms with Crippen molar-refractivity contribution in [3.8, 4) is 0 Å². The van der Waals surface area contributed by atoms with Crippen LogP contribution in [0.25, 0.3) is 0 Å². The van der Waals surface area contributed by atoms with Crippen molar-refractivity contribution < 1.29 is 0 Å². The zero-order valence-corrected chi connectivity index (χ0v) is 8.12. The lowest BCUT2D eigenvalue weighted by Gasteiger charge is -2.05. The highest BCUT2D eigenvalue weighted by atomic mass is 15.1. The molecule has 1 N–H and O–H groups in total. The van der Waals surface area contributed by atoms with Gasteiger partial charge in [0.1, 0.15) is 5.82 Å². The fourth-order valence-corrected chi connectivity index (χ4v) is 1.60. The van der Waals surface area contributed by atoms with Crippen molar-refractivity contribution in [2.45, 2.75) is 32.7 Å². The summed E-state index contributed by atoms with van der Waals surface area (Å²) in [6.45, 7) is 4.22. The van der Waals surface area contributed by atoms with Crippen molar-refractivity contribution in [3.05, 3.63) is 18.1 Å². The first-order valence-corrected chi connectivity index (χ1v) is 4.85. The fourth-order valence-electron chi connectivity index (χ4n) is 1.60. The van der Waals surface area contributed by atoms with E-state index >= 15 is 0 Å². The Morgan fingerprint density at radius 2 is 2.23 bits per heavy atom. The summed E-state index contributed by atoms with van der Waals surface area (Å²) in [7, 11) is 0. The Balaban J connectivity index is 1.99. The van der Waals surface area contributed by atoms with Gasteiger partial charge in [-0.3, -0.25) is 4.98 Å². The van der Waals surface area contributed by atoms with Gasteiger partial charge in [-0.2, -0.15) is 0 Å². The molecule has 2 rings (SSSR count). The smallest absolute Gasteiger partial charge is 0.147 e. The van der Waals surface area contributed by atoms with Crippen molar-refractivity contribution in [1.29, 1.82) is 0 Å². The predicted octanol–water partition coefficient (Wildman–Crippen LogP) is 2.00. The molecule has 0 spiro atoms. The molecule has 1 aromatic rings. The second kappa shape index (κ2) is 3.32. The minimum Gasteiger partial charge on any atom is -0.366 e. The van der Waals surface area contributed by atoms with Crippen molar-refractivity contribution in [3.63, 3.8) is 0 Å². The van der Waals surface area contributed by atoms with Gasteiger partial charge in [-0.15, -0.1) is 0 Å². The number of aryl methyl sites for hydroxylation is 1. The number of hydrogen-bond donors (Lipinski definition) is 1. The SMILES string of the molecule is CCC1CC1Nc1nccnc1C. The monoisotopic (exact) mass is 177 g/mol. The van der Waals surface area contributed by atoms with Crippen molar-refractivity contribution in [1.82, 2.24) is 9.97 Å². The maximum atomic E-state index is 4.25. The molecular formula is C10H15N3. The number of rotatable bonds is 3. The molecular weight excluding hydrogens is 162 g/mol. The zero-order chi connectivity index (χ0) is 9.26. The van der Waals surface area contributed by atoms with Gasteiger partial charge in [0.25, 0.3) is 0 Å². The number of aromatic nitrogens is 2. The second-order valence-corrected chi connectivity index (χ2v) is 3.65. The Bertz CT molecular complexity index is 298. The molecule has 2 atom stereocenters. The Morgan fingerprint density at radius 1 is 1.46 bits per heavy atom. The van der Waals surface area contributed by atoms with Gasteiger partial charge in [0.15, 0.2) is 0 Å². The second-order valence-electron chi connectivity index (χ2n) is 3.65.